The molecular formula is C12H15N3O5S. The van der Waals surface area contributed by atoms with Crippen molar-refractivity contribution in [1.29, 1.82) is 0 Å². The van der Waals surface area contributed by atoms with Gasteiger partial charge in [-0.2, -0.15) is 0 Å². The molecule has 1 saturated heterocycles. The molecule has 0 saturated carbocycles. The third-order valence-electron chi connectivity index (χ3n) is 3.06. The predicted molar refractivity (Wildman–Crippen MR) is 73.6 cm³/mol. The monoisotopic (exact) mass is 313 g/mol. The lowest BCUT2D eigenvalue weighted by molar-refractivity contribution is 0.0696. The normalized spacial score (nSPS) is 19.9. The highest BCUT2D eigenvalue weighted by Gasteiger charge is 2.28. The second kappa shape index (κ2) is 6.08. The summed E-state index contributed by atoms with van der Waals surface area (Å²) in [6.45, 7) is 0.0619. The van der Waals surface area contributed by atoms with Crippen LogP contribution < -0.4 is 10.6 Å². The molecule has 2 amide bonds. The van der Waals surface area contributed by atoms with Crippen molar-refractivity contribution < 1.29 is 23.1 Å². The summed E-state index contributed by atoms with van der Waals surface area (Å²) in [6, 6.07) is 1.84. The minimum atomic E-state index is -3.04. The van der Waals surface area contributed by atoms with E-state index >= 15 is 0 Å². The predicted octanol–water partition coefficient (Wildman–Crippen LogP) is -0.234. The van der Waals surface area contributed by atoms with Crippen molar-refractivity contribution in [2.45, 2.75) is 19.0 Å². The molecule has 2 rings (SSSR count). The van der Waals surface area contributed by atoms with Crippen molar-refractivity contribution >= 4 is 21.8 Å². The van der Waals surface area contributed by atoms with Crippen LogP contribution in [0.1, 0.15) is 22.5 Å². The molecule has 0 spiro atoms. The molecule has 0 radical (unpaired) electrons. The van der Waals surface area contributed by atoms with E-state index in [1.165, 1.54) is 18.3 Å². The summed E-state index contributed by atoms with van der Waals surface area (Å²) in [5.74, 6) is -1.04. The van der Waals surface area contributed by atoms with Gasteiger partial charge in [-0.25, -0.2) is 18.0 Å². The second-order valence-electron chi connectivity index (χ2n) is 4.77. The number of hydrogen-bond donors (Lipinski definition) is 3. The van der Waals surface area contributed by atoms with E-state index in [2.05, 4.69) is 15.6 Å². The number of sulfone groups is 1. The first-order valence-electron chi connectivity index (χ1n) is 6.29. The smallest absolute Gasteiger partial charge is 0.335 e. The van der Waals surface area contributed by atoms with Gasteiger partial charge in [-0.15, -0.1) is 0 Å². The van der Waals surface area contributed by atoms with E-state index in [4.69, 9.17) is 5.11 Å². The Labute approximate surface area is 121 Å². The van der Waals surface area contributed by atoms with Crippen LogP contribution in [0.4, 0.5) is 4.79 Å². The number of nitrogens with one attached hydrogen (secondary N) is 2. The first-order valence-corrected chi connectivity index (χ1v) is 8.11. The van der Waals surface area contributed by atoms with Gasteiger partial charge in [-0.3, -0.25) is 4.98 Å². The molecule has 9 heteroatoms. The Balaban J connectivity index is 1.84. The Hall–Kier alpha value is -2.16. The molecule has 1 aromatic rings. The Morgan fingerprint density at radius 3 is 2.81 bits per heavy atom. The largest absolute Gasteiger partial charge is 0.478 e. The lowest BCUT2D eigenvalue weighted by Gasteiger charge is -2.11. The van der Waals surface area contributed by atoms with Crippen LogP contribution in [0, 0.1) is 0 Å². The number of urea groups is 1. The van der Waals surface area contributed by atoms with Gasteiger partial charge < -0.3 is 15.7 Å². The molecule has 1 aliphatic heterocycles. The van der Waals surface area contributed by atoms with Gasteiger partial charge in [0, 0.05) is 12.2 Å². The third kappa shape index (κ3) is 4.42. The number of carbonyl (C=O) groups excluding carboxylic acids is 1. The number of carbonyl (C=O) groups is 2. The maximum absolute atomic E-state index is 11.6. The molecule has 1 unspecified atom stereocenters. The van der Waals surface area contributed by atoms with Gasteiger partial charge in [-0.05, 0) is 18.6 Å². The van der Waals surface area contributed by atoms with Gasteiger partial charge >= 0.3 is 12.0 Å². The Morgan fingerprint density at radius 1 is 1.43 bits per heavy atom. The maximum Gasteiger partial charge on any atom is 0.335 e. The van der Waals surface area contributed by atoms with E-state index in [1.54, 1.807) is 0 Å². The van der Waals surface area contributed by atoms with Gasteiger partial charge in [0.1, 0.15) is 0 Å². The zero-order valence-corrected chi connectivity index (χ0v) is 11.9. The van der Waals surface area contributed by atoms with Gasteiger partial charge in [0.15, 0.2) is 9.84 Å². The van der Waals surface area contributed by atoms with E-state index in [1.807, 2.05) is 0 Å². The van der Waals surface area contributed by atoms with E-state index in [0.29, 0.717) is 12.1 Å². The molecule has 1 aliphatic rings. The van der Waals surface area contributed by atoms with Gasteiger partial charge in [0.2, 0.25) is 0 Å². The fraction of sp³-hybridized carbons (Fsp3) is 0.417. The SMILES string of the molecule is O=C(NCc1cc(C(=O)O)ccn1)NC1CCS(=O)(=O)C1. The summed E-state index contributed by atoms with van der Waals surface area (Å²) in [5, 5.41) is 13.9. The van der Waals surface area contributed by atoms with E-state index in [9.17, 15) is 18.0 Å². The van der Waals surface area contributed by atoms with Gasteiger partial charge in [-0.1, -0.05) is 0 Å². The van der Waals surface area contributed by atoms with Crippen molar-refractivity contribution in [1.82, 2.24) is 15.6 Å². The van der Waals surface area contributed by atoms with Crippen LogP contribution in [0.3, 0.4) is 0 Å². The van der Waals surface area contributed by atoms with Crippen molar-refractivity contribution in [3.05, 3.63) is 29.6 Å². The molecular weight excluding hydrogens is 298 g/mol. The quantitative estimate of drug-likeness (QED) is 0.705. The summed E-state index contributed by atoms with van der Waals surface area (Å²) >= 11 is 0. The standard InChI is InChI=1S/C12H15N3O5S/c16-11(17)8-1-3-13-10(5-8)6-14-12(18)15-9-2-4-21(19,20)7-9/h1,3,5,9H,2,4,6-7H2,(H,16,17)(H2,14,15,18). The lowest BCUT2D eigenvalue weighted by atomic mass is 10.2. The van der Waals surface area contributed by atoms with Crippen LogP contribution in [-0.4, -0.2) is 48.1 Å². The first-order chi connectivity index (χ1) is 9.85. The summed E-state index contributed by atoms with van der Waals surface area (Å²) in [6.07, 6.45) is 1.75. The number of aromatic nitrogens is 1. The molecule has 3 N–H and O–H groups in total. The molecule has 2 heterocycles. The Bertz CT molecular complexity index is 659. The molecule has 21 heavy (non-hydrogen) atoms. The van der Waals surface area contributed by atoms with Crippen LogP contribution >= 0.6 is 0 Å². The van der Waals surface area contributed by atoms with Crippen LogP contribution in [0.15, 0.2) is 18.3 Å². The fourth-order valence-corrected chi connectivity index (χ4v) is 3.70. The van der Waals surface area contributed by atoms with E-state index in [-0.39, 0.29) is 29.7 Å². The molecule has 1 aromatic heterocycles. The highest BCUT2D eigenvalue weighted by Crippen LogP contribution is 2.10. The van der Waals surface area contributed by atoms with Gasteiger partial charge in [0.05, 0.1) is 29.3 Å². The minimum absolute atomic E-state index is 0.0484. The fourth-order valence-electron chi connectivity index (χ4n) is 2.02. The number of amides is 2. The number of carboxylic acid groups (broad SMARTS) is 1. The van der Waals surface area contributed by atoms with Crippen molar-refractivity contribution in [2.75, 3.05) is 11.5 Å². The van der Waals surface area contributed by atoms with Crippen LogP contribution in [-0.2, 0) is 16.4 Å². The van der Waals surface area contributed by atoms with Crippen LogP contribution in [0.2, 0.25) is 0 Å². The van der Waals surface area contributed by atoms with E-state index in [0.717, 1.165) is 0 Å². The highest BCUT2D eigenvalue weighted by atomic mass is 32.2. The Kier molecular flexibility index (Phi) is 4.41. The lowest BCUT2D eigenvalue weighted by Crippen LogP contribution is -2.42. The molecule has 1 fully saturated rings. The van der Waals surface area contributed by atoms with Crippen molar-refractivity contribution in [3.8, 4) is 0 Å². The molecule has 1 atom stereocenters. The minimum Gasteiger partial charge on any atom is -0.478 e. The zero-order valence-electron chi connectivity index (χ0n) is 11.1. The van der Waals surface area contributed by atoms with Crippen LogP contribution in [0.5, 0.6) is 0 Å². The number of rotatable bonds is 4. The number of nitrogens with zero attached hydrogens (tertiary/aromatic N) is 1. The van der Waals surface area contributed by atoms with Crippen molar-refractivity contribution in [3.63, 3.8) is 0 Å². The topological polar surface area (TPSA) is 125 Å². The van der Waals surface area contributed by atoms with E-state index < -0.39 is 21.8 Å². The number of pyridine rings is 1. The zero-order chi connectivity index (χ0) is 15.5. The summed E-state index contributed by atoms with van der Waals surface area (Å²) in [4.78, 5) is 26.4. The molecule has 0 aromatic carbocycles. The number of carboxylic acids is 1. The summed E-state index contributed by atoms with van der Waals surface area (Å²) < 4.78 is 22.5. The molecule has 8 nitrogen and oxygen atoms in total. The van der Waals surface area contributed by atoms with Crippen molar-refractivity contribution in [2.24, 2.45) is 0 Å². The third-order valence-corrected chi connectivity index (χ3v) is 4.83. The number of hydrogen-bond acceptors (Lipinski definition) is 5. The average molecular weight is 313 g/mol. The molecule has 0 bridgehead atoms. The molecule has 0 aliphatic carbocycles. The highest BCUT2D eigenvalue weighted by molar-refractivity contribution is 7.91. The first kappa shape index (κ1) is 15.2. The maximum atomic E-state index is 11.6. The average Bonchev–Trinajstić information content (AvgIpc) is 2.76. The summed E-state index contributed by atoms with van der Waals surface area (Å²) in [7, 11) is -3.04. The molecule has 114 valence electrons. The Morgan fingerprint density at radius 2 is 2.19 bits per heavy atom. The summed E-state index contributed by atoms with van der Waals surface area (Å²) in [5.41, 5.74) is 0.494. The van der Waals surface area contributed by atoms with Crippen LogP contribution in [0.25, 0.3) is 0 Å². The second-order valence-corrected chi connectivity index (χ2v) is 7.00. The van der Waals surface area contributed by atoms with Gasteiger partial charge in [0.25, 0.3) is 0 Å². The number of aromatic carboxylic acids is 1.